The lowest BCUT2D eigenvalue weighted by Gasteiger charge is -2.64. The highest BCUT2D eigenvalue weighted by molar-refractivity contribution is 5.83. The van der Waals surface area contributed by atoms with Crippen molar-refractivity contribution >= 4 is 10.8 Å². The minimum Gasteiger partial charge on any atom is -0.490 e. The van der Waals surface area contributed by atoms with Crippen LogP contribution in [0.4, 0.5) is 0 Å². The third-order valence-corrected chi connectivity index (χ3v) is 6.35. The van der Waals surface area contributed by atoms with Crippen molar-refractivity contribution < 1.29 is 14.9 Å². The molecule has 3 heteroatoms. The predicted molar refractivity (Wildman–Crippen MR) is 90.4 cm³/mol. The molecule has 3 saturated carbocycles. The molecule has 0 amide bonds. The third kappa shape index (κ3) is 2.18. The van der Waals surface area contributed by atoms with Crippen molar-refractivity contribution in [2.24, 2.45) is 17.3 Å². The van der Waals surface area contributed by atoms with Crippen LogP contribution in [0.5, 0.6) is 5.75 Å². The average molecular weight is 312 g/mol. The molecule has 3 aliphatic rings. The second-order valence-corrected chi connectivity index (χ2v) is 7.85. The van der Waals surface area contributed by atoms with E-state index in [0.717, 1.165) is 17.6 Å². The standard InChI is InChI=1S/C20H24O3/c1-19(2)15-10-17(19)20(22,18(21)11-15)12-23-16-8-7-13-5-3-4-6-14(13)9-16/h3-9,15,17-18,21-22H,10-12H2,1-2H3/t15-,17-,18+,20-/m0/s1. The molecule has 23 heavy (non-hydrogen) atoms. The molecule has 2 aromatic carbocycles. The zero-order valence-electron chi connectivity index (χ0n) is 13.7. The van der Waals surface area contributed by atoms with Crippen LogP contribution in [0, 0.1) is 17.3 Å². The molecule has 5 rings (SSSR count). The quantitative estimate of drug-likeness (QED) is 0.913. The van der Waals surface area contributed by atoms with Crippen LogP contribution < -0.4 is 4.74 Å². The van der Waals surface area contributed by atoms with Crippen molar-refractivity contribution in [3.8, 4) is 5.75 Å². The minimum atomic E-state index is -1.15. The van der Waals surface area contributed by atoms with Crippen molar-refractivity contribution in [3.63, 3.8) is 0 Å². The van der Waals surface area contributed by atoms with Crippen molar-refractivity contribution in [1.82, 2.24) is 0 Å². The monoisotopic (exact) mass is 312 g/mol. The van der Waals surface area contributed by atoms with E-state index in [9.17, 15) is 10.2 Å². The Hall–Kier alpha value is -1.58. The summed E-state index contributed by atoms with van der Waals surface area (Å²) in [5, 5.41) is 23.7. The first kappa shape index (κ1) is 15.0. The van der Waals surface area contributed by atoms with E-state index in [0.29, 0.717) is 12.3 Å². The van der Waals surface area contributed by atoms with Gasteiger partial charge in [-0.15, -0.1) is 0 Å². The summed E-state index contributed by atoms with van der Waals surface area (Å²) in [5.74, 6) is 1.36. The fourth-order valence-electron chi connectivity index (χ4n) is 4.62. The molecule has 0 heterocycles. The largest absolute Gasteiger partial charge is 0.490 e. The minimum absolute atomic E-state index is 0.0841. The van der Waals surface area contributed by atoms with Gasteiger partial charge in [-0.05, 0) is 53.0 Å². The maximum absolute atomic E-state index is 11.1. The Labute approximate surface area is 136 Å². The molecule has 3 nitrogen and oxygen atoms in total. The van der Waals surface area contributed by atoms with Gasteiger partial charge >= 0.3 is 0 Å². The predicted octanol–water partition coefficient (Wildman–Crippen LogP) is 3.38. The van der Waals surface area contributed by atoms with Crippen LogP contribution in [-0.2, 0) is 0 Å². The van der Waals surface area contributed by atoms with Gasteiger partial charge in [0.2, 0.25) is 0 Å². The van der Waals surface area contributed by atoms with Crippen LogP contribution >= 0.6 is 0 Å². The molecular weight excluding hydrogens is 288 g/mol. The van der Waals surface area contributed by atoms with Crippen molar-refractivity contribution in [2.75, 3.05) is 6.61 Å². The molecule has 2 N–H and O–H groups in total. The van der Waals surface area contributed by atoms with Crippen LogP contribution in [0.25, 0.3) is 10.8 Å². The van der Waals surface area contributed by atoms with E-state index in [2.05, 4.69) is 19.9 Å². The molecule has 0 unspecified atom stereocenters. The molecular formula is C20H24O3. The molecule has 2 bridgehead atoms. The van der Waals surface area contributed by atoms with Gasteiger partial charge in [0.05, 0.1) is 6.10 Å². The van der Waals surface area contributed by atoms with E-state index in [1.54, 1.807) is 0 Å². The van der Waals surface area contributed by atoms with Gasteiger partial charge in [-0.1, -0.05) is 44.2 Å². The second kappa shape index (κ2) is 4.96. The summed E-state index contributed by atoms with van der Waals surface area (Å²) >= 11 is 0. The summed E-state index contributed by atoms with van der Waals surface area (Å²) < 4.78 is 5.91. The Morgan fingerprint density at radius 1 is 1.09 bits per heavy atom. The zero-order valence-corrected chi connectivity index (χ0v) is 13.7. The Bertz CT molecular complexity index is 738. The van der Waals surface area contributed by atoms with Gasteiger partial charge in [0, 0.05) is 0 Å². The fourth-order valence-corrected chi connectivity index (χ4v) is 4.62. The van der Waals surface area contributed by atoms with Crippen molar-refractivity contribution in [1.29, 1.82) is 0 Å². The molecule has 0 aliphatic heterocycles. The maximum Gasteiger partial charge on any atom is 0.128 e. The number of ether oxygens (including phenoxy) is 1. The number of rotatable bonds is 3. The Kier molecular flexibility index (Phi) is 3.23. The Balaban J connectivity index is 1.55. The molecule has 0 radical (unpaired) electrons. The lowest BCUT2D eigenvalue weighted by atomic mass is 9.43. The maximum atomic E-state index is 11.1. The van der Waals surface area contributed by atoms with Gasteiger partial charge in [-0.3, -0.25) is 0 Å². The van der Waals surface area contributed by atoms with Crippen LogP contribution in [0.15, 0.2) is 42.5 Å². The lowest BCUT2D eigenvalue weighted by Crippen LogP contribution is -2.69. The first-order valence-corrected chi connectivity index (χ1v) is 8.43. The number of fused-ring (bicyclic) bond motifs is 3. The summed E-state index contributed by atoms with van der Waals surface area (Å²) in [6, 6.07) is 14.1. The molecule has 0 spiro atoms. The average Bonchev–Trinajstić information content (AvgIpc) is 2.55. The number of hydrogen-bond donors (Lipinski definition) is 2. The van der Waals surface area contributed by atoms with Crippen LogP contribution in [0.2, 0.25) is 0 Å². The topological polar surface area (TPSA) is 49.7 Å². The van der Waals surface area contributed by atoms with Gasteiger partial charge < -0.3 is 14.9 Å². The molecule has 2 aromatic rings. The summed E-state index contributed by atoms with van der Waals surface area (Å²) in [4.78, 5) is 0. The molecule has 0 aromatic heterocycles. The smallest absolute Gasteiger partial charge is 0.128 e. The van der Waals surface area contributed by atoms with Gasteiger partial charge in [0.1, 0.15) is 18.0 Å². The fraction of sp³-hybridized carbons (Fsp3) is 0.500. The molecule has 3 fully saturated rings. The normalized spacial score (nSPS) is 34.9. The number of hydrogen-bond acceptors (Lipinski definition) is 3. The highest BCUT2D eigenvalue weighted by Crippen LogP contribution is 2.62. The highest BCUT2D eigenvalue weighted by atomic mass is 16.5. The summed E-state index contributed by atoms with van der Waals surface area (Å²) in [6.07, 6.45) is 0.961. The lowest BCUT2D eigenvalue weighted by molar-refractivity contribution is -0.262. The van der Waals surface area contributed by atoms with E-state index in [1.807, 2.05) is 36.4 Å². The van der Waals surface area contributed by atoms with E-state index < -0.39 is 11.7 Å². The SMILES string of the molecule is CC1(C)[C@@H]2C[C@@H](O)[C@](O)(COc3ccc4ccccc4c3)[C@H]1C2. The van der Waals surface area contributed by atoms with Crippen LogP contribution in [0.3, 0.4) is 0 Å². The number of aliphatic hydroxyl groups is 2. The van der Waals surface area contributed by atoms with E-state index in [4.69, 9.17) is 4.74 Å². The molecule has 3 aliphatic carbocycles. The first-order valence-electron chi connectivity index (χ1n) is 8.43. The summed E-state index contributed by atoms with van der Waals surface area (Å²) in [5.41, 5.74) is -1.06. The first-order chi connectivity index (χ1) is 10.9. The second-order valence-electron chi connectivity index (χ2n) is 7.85. The van der Waals surface area contributed by atoms with Crippen LogP contribution in [0.1, 0.15) is 26.7 Å². The van der Waals surface area contributed by atoms with E-state index in [1.165, 1.54) is 5.39 Å². The van der Waals surface area contributed by atoms with Crippen molar-refractivity contribution in [2.45, 2.75) is 38.4 Å². The molecule has 122 valence electrons. The summed E-state index contributed by atoms with van der Waals surface area (Å²) in [7, 11) is 0. The zero-order chi connectivity index (χ0) is 16.2. The van der Waals surface area contributed by atoms with Gasteiger partial charge in [0.15, 0.2) is 0 Å². The van der Waals surface area contributed by atoms with Gasteiger partial charge in [-0.25, -0.2) is 0 Å². The van der Waals surface area contributed by atoms with E-state index >= 15 is 0 Å². The number of benzene rings is 2. The molecule has 4 atom stereocenters. The van der Waals surface area contributed by atoms with Crippen molar-refractivity contribution in [3.05, 3.63) is 42.5 Å². The molecule has 0 saturated heterocycles. The van der Waals surface area contributed by atoms with Gasteiger partial charge in [-0.2, -0.15) is 0 Å². The Morgan fingerprint density at radius 3 is 2.57 bits per heavy atom. The van der Waals surface area contributed by atoms with Gasteiger partial charge in [0.25, 0.3) is 0 Å². The van der Waals surface area contributed by atoms with Crippen LogP contribution in [-0.4, -0.2) is 28.5 Å². The Morgan fingerprint density at radius 2 is 1.83 bits per heavy atom. The highest BCUT2D eigenvalue weighted by Gasteiger charge is 2.64. The summed E-state index contributed by atoms with van der Waals surface area (Å²) in [6.45, 7) is 4.53. The van der Waals surface area contributed by atoms with E-state index in [-0.39, 0.29) is 17.9 Å². The number of aliphatic hydroxyl groups excluding tert-OH is 1. The third-order valence-electron chi connectivity index (χ3n) is 6.35.